The fraction of sp³-hybridized carbons (Fsp3) is 0.889. The van der Waals surface area contributed by atoms with Crippen molar-refractivity contribution in [3.63, 3.8) is 0 Å². The molecule has 1 heterocycles. The van der Waals surface area contributed by atoms with Crippen LogP contribution in [-0.4, -0.2) is 77.8 Å². The summed E-state index contributed by atoms with van der Waals surface area (Å²) in [6.45, 7) is -0.191. The van der Waals surface area contributed by atoms with Crippen molar-refractivity contribution in [1.82, 2.24) is 10.3 Å². The highest BCUT2D eigenvalue weighted by Gasteiger charge is 2.43. The maximum absolute atomic E-state index is 11.3. The highest BCUT2D eigenvalue weighted by atomic mass is 16.7. The molecule has 1 aliphatic heterocycles. The molecular weight excluding hydrogens is 262 g/mol. The number of hydrogen-bond donors (Lipinski definition) is 4. The normalized spacial score (nSPS) is 34.7. The van der Waals surface area contributed by atoms with E-state index in [0.29, 0.717) is 5.01 Å². The highest BCUT2D eigenvalue weighted by molar-refractivity contribution is 5.73. The van der Waals surface area contributed by atoms with Gasteiger partial charge in [0.05, 0.1) is 5.29 Å². The van der Waals surface area contributed by atoms with Crippen LogP contribution in [0.1, 0.15) is 0 Å². The number of urea groups is 1. The zero-order chi connectivity index (χ0) is 14.6. The predicted molar refractivity (Wildman–Crippen MR) is 60.6 cm³/mol. The molecule has 0 bridgehead atoms. The lowest BCUT2D eigenvalue weighted by molar-refractivity contribution is -0.288. The summed E-state index contributed by atoms with van der Waals surface area (Å²) < 4.78 is 9.96. The number of nitrogens with zero attached hydrogens (tertiary/aromatic N) is 2. The summed E-state index contributed by atoms with van der Waals surface area (Å²) in [7, 11) is 2.41. The second-order valence-electron chi connectivity index (χ2n) is 4.04. The van der Waals surface area contributed by atoms with Crippen LogP contribution in [0.4, 0.5) is 4.79 Å². The first-order valence-corrected chi connectivity index (χ1v) is 5.49. The Morgan fingerprint density at radius 2 is 2.00 bits per heavy atom. The number of nitrogens with one attached hydrogen (secondary N) is 1. The third kappa shape index (κ3) is 3.58. The summed E-state index contributed by atoms with van der Waals surface area (Å²) in [5, 5.41) is 34.0. The Hall–Kier alpha value is -1.33. The van der Waals surface area contributed by atoms with Crippen LogP contribution in [0.5, 0.6) is 0 Å². The van der Waals surface area contributed by atoms with E-state index in [1.165, 1.54) is 7.11 Å². The first-order valence-electron chi connectivity index (χ1n) is 5.49. The second-order valence-corrected chi connectivity index (χ2v) is 4.04. The number of methoxy groups -OCH3 is 1. The van der Waals surface area contributed by atoms with Gasteiger partial charge in [-0.25, -0.2) is 4.79 Å². The third-order valence-electron chi connectivity index (χ3n) is 2.77. The Labute approximate surface area is 108 Å². The Kier molecular flexibility index (Phi) is 5.57. The number of aliphatic hydroxyl groups excluding tert-OH is 3. The molecule has 1 saturated heterocycles. The Morgan fingerprint density at radius 1 is 1.37 bits per heavy atom. The molecule has 1 aliphatic rings. The van der Waals surface area contributed by atoms with Gasteiger partial charge in [-0.1, -0.05) is 0 Å². The van der Waals surface area contributed by atoms with Gasteiger partial charge in [0, 0.05) is 20.7 Å². The van der Waals surface area contributed by atoms with Crippen molar-refractivity contribution in [2.45, 2.75) is 30.7 Å². The molecule has 0 spiro atoms. The minimum absolute atomic E-state index is 0.191. The lowest BCUT2D eigenvalue weighted by atomic mass is 9.99. The van der Waals surface area contributed by atoms with Crippen LogP contribution in [0.3, 0.4) is 0 Å². The van der Waals surface area contributed by atoms with Crippen molar-refractivity contribution in [3.8, 4) is 0 Å². The summed E-state index contributed by atoms with van der Waals surface area (Å²) >= 11 is 0. The van der Waals surface area contributed by atoms with Gasteiger partial charge in [-0.3, -0.25) is 0 Å². The van der Waals surface area contributed by atoms with Gasteiger partial charge in [-0.05, 0) is 0 Å². The van der Waals surface area contributed by atoms with Gasteiger partial charge < -0.3 is 30.1 Å². The van der Waals surface area contributed by atoms with Gasteiger partial charge in [-0.2, -0.15) is 5.01 Å². The van der Waals surface area contributed by atoms with Crippen LogP contribution in [0.2, 0.25) is 0 Å². The van der Waals surface area contributed by atoms with E-state index in [0.717, 1.165) is 7.05 Å². The highest BCUT2D eigenvalue weighted by Crippen LogP contribution is 2.21. The van der Waals surface area contributed by atoms with Gasteiger partial charge in [-0.15, -0.1) is 4.91 Å². The number of carbonyl (C=O) groups is 1. The quantitative estimate of drug-likeness (QED) is 0.337. The molecule has 0 aromatic rings. The maximum Gasteiger partial charge on any atom is 0.340 e. The molecule has 0 radical (unpaired) electrons. The minimum atomic E-state index is -1.47. The summed E-state index contributed by atoms with van der Waals surface area (Å²) in [4.78, 5) is 21.4. The van der Waals surface area contributed by atoms with Gasteiger partial charge in [0.25, 0.3) is 0 Å². The number of hydrogen-bond acceptors (Lipinski definition) is 8. The average Bonchev–Trinajstić information content (AvgIpc) is 2.42. The molecular formula is C9H17N3O7. The zero-order valence-corrected chi connectivity index (χ0v) is 10.5. The monoisotopic (exact) mass is 279 g/mol. The summed E-state index contributed by atoms with van der Waals surface area (Å²) in [5.41, 5.74) is 0. The molecule has 2 amide bonds. The van der Waals surface area contributed by atoms with Gasteiger partial charge in [0.1, 0.15) is 24.4 Å². The minimum Gasteiger partial charge on any atom is -0.388 e. The molecule has 10 nitrogen and oxygen atoms in total. The number of nitroso groups, excluding NO2 is 1. The third-order valence-corrected chi connectivity index (χ3v) is 2.77. The standard InChI is InChI=1S/C9H17N3O7/c1-12(11-17)9(16)10-3-4-5(13)6(14)7(15)8(18-2)19-4/h4-8,13-15H,3H2,1-2H3,(H,10,16)/t4-,5-,6+,7+,8-/m1/s1. The lowest BCUT2D eigenvalue weighted by Crippen LogP contribution is -2.60. The first kappa shape index (κ1) is 15.7. The zero-order valence-electron chi connectivity index (χ0n) is 10.5. The van der Waals surface area contributed by atoms with E-state index in [9.17, 15) is 25.0 Å². The van der Waals surface area contributed by atoms with E-state index in [1.54, 1.807) is 0 Å². The first-order chi connectivity index (χ1) is 8.92. The van der Waals surface area contributed by atoms with Crippen LogP contribution < -0.4 is 5.32 Å². The van der Waals surface area contributed by atoms with E-state index < -0.39 is 36.7 Å². The molecule has 0 aromatic carbocycles. The van der Waals surface area contributed by atoms with E-state index in [2.05, 4.69) is 10.6 Å². The van der Waals surface area contributed by atoms with Crippen LogP contribution in [0.15, 0.2) is 5.29 Å². The fourth-order valence-electron chi connectivity index (χ4n) is 1.62. The van der Waals surface area contributed by atoms with Gasteiger partial charge in [0.15, 0.2) is 6.29 Å². The number of carbonyl (C=O) groups excluding carboxylic acids is 1. The summed E-state index contributed by atoms with van der Waals surface area (Å²) in [5.74, 6) is 0. The van der Waals surface area contributed by atoms with Gasteiger partial charge >= 0.3 is 6.03 Å². The number of rotatable bonds is 4. The molecule has 10 heteroatoms. The fourth-order valence-corrected chi connectivity index (χ4v) is 1.62. The molecule has 1 rings (SSSR count). The van der Waals surface area contributed by atoms with Crippen LogP contribution in [-0.2, 0) is 9.47 Å². The maximum atomic E-state index is 11.3. The largest absolute Gasteiger partial charge is 0.388 e. The van der Waals surface area contributed by atoms with Crippen LogP contribution >= 0.6 is 0 Å². The van der Waals surface area contributed by atoms with Crippen LogP contribution in [0, 0.1) is 4.91 Å². The van der Waals surface area contributed by atoms with Crippen molar-refractivity contribution >= 4 is 6.03 Å². The van der Waals surface area contributed by atoms with E-state index >= 15 is 0 Å². The SMILES string of the molecule is CO[C@@H]1O[C@H](CNC(=O)N(C)N=O)[C@@H](O)[C@H](O)[C@@H]1O. The van der Waals surface area contributed by atoms with Crippen molar-refractivity contribution < 1.29 is 29.6 Å². The van der Waals surface area contributed by atoms with Crippen LogP contribution in [0.25, 0.3) is 0 Å². The molecule has 0 saturated carbocycles. The number of ether oxygens (including phenoxy) is 2. The summed E-state index contributed by atoms with van der Waals surface area (Å²) in [6.07, 6.45) is -6.39. The second kappa shape index (κ2) is 6.73. The Morgan fingerprint density at radius 3 is 2.53 bits per heavy atom. The molecule has 110 valence electrons. The van der Waals surface area contributed by atoms with E-state index in [-0.39, 0.29) is 6.54 Å². The molecule has 4 N–H and O–H groups in total. The predicted octanol–water partition coefficient (Wildman–Crippen LogP) is -2.24. The molecule has 0 unspecified atom stereocenters. The Bertz CT molecular complexity index is 327. The van der Waals surface area contributed by atoms with Crippen molar-refractivity contribution in [3.05, 3.63) is 4.91 Å². The average molecular weight is 279 g/mol. The van der Waals surface area contributed by atoms with Crippen molar-refractivity contribution in [1.29, 1.82) is 0 Å². The molecule has 0 aromatic heterocycles. The molecule has 5 atom stereocenters. The lowest BCUT2D eigenvalue weighted by Gasteiger charge is -2.39. The molecule has 19 heavy (non-hydrogen) atoms. The smallest absolute Gasteiger partial charge is 0.340 e. The van der Waals surface area contributed by atoms with Crippen molar-refractivity contribution in [2.75, 3.05) is 20.7 Å². The number of amides is 2. The van der Waals surface area contributed by atoms with E-state index in [4.69, 9.17) is 9.47 Å². The van der Waals surface area contributed by atoms with Crippen molar-refractivity contribution in [2.24, 2.45) is 5.29 Å². The topological polar surface area (TPSA) is 141 Å². The Balaban J connectivity index is 2.57. The van der Waals surface area contributed by atoms with Gasteiger partial charge in [0.2, 0.25) is 0 Å². The number of aliphatic hydroxyl groups is 3. The molecule has 0 aliphatic carbocycles. The summed E-state index contributed by atoms with van der Waals surface area (Å²) in [6, 6.07) is -0.791. The molecule has 1 fully saturated rings. The van der Waals surface area contributed by atoms with E-state index in [1.807, 2.05) is 0 Å².